The first-order valence-corrected chi connectivity index (χ1v) is 3.97. The summed E-state index contributed by atoms with van der Waals surface area (Å²) in [5.74, 6) is 0. The largest absolute Gasteiger partial charge is 0.417 e. The topological polar surface area (TPSA) is 47.6 Å². The molecule has 1 aromatic carbocycles. The van der Waals surface area contributed by atoms with Crippen molar-refractivity contribution in [1.29, 1.82) is 10.5 Å². The van der Waals surface area contributed by atoms with E-state index in [1.165, 1.54) is 18.2 Å². The second-order valence-corrected chi connectivity index (χ2v) is 2.78. The third-order valence-electron chi connectivity index (χ3n) is 1.82. The Bertz CT molecular complexity index is 449. The summed E-state index contributed by atoms with van der Waals surface area (Å²) in [6, 6.07) is 6.73. The zero-order chi connectivity index (χ0) is 11.5. The molecule has 0 atom stereocenters. The number of alkyl halides is 3. The second kappa shape index (κ2) is 4.02. The van der Waals surface area contributed by atoms with Gasteiger partial charge in [-0.3, -0.25) is 0 Å². The van der Waals surface area contributed by atoms with Crippen molar-refractivity contribution in [1.82, 2.24) is 0 Å². The average Bonchev–Trinajstić information content (AvgIpc) is 2.16. The smallest absolute Gasteiger partial charge is 0.198 e. The monoisotopic (exact) mass is 210 g/mol. The van der Waals surface area contributed by atoms with Crippen LogP contribution in [0.4, 0.5) is 13.2 Å². The molecule has 1 aromatic rings. The van der Waals surface area contributed by atoms with E-state index >= 15 is 0 Å². The Morgan fingerprint density at radius 1 is 1.20 bits per heavy atom. The zero-order valence-electron chi connectivity index (χ0n) is 7.47. The summed E-state index contributed by atoms with van der Waals surface area (Å²) in [6.45, 7) is 0. The summed E-state index contributed by atoms with van der Waals surface area (Å²) in [7, 11) is 0. The van der Waals surface area contributed by atoms with Gasteiger partial charge in [0.2, 0.25) is 0 Å². The molecule has 0 aromatic heterocycles. The van der Waals surface area contributed by atoms with Gasteiger partial charge in [0.15, 0.2) is 0 Å². The fourth-order valence-electron chi connectivity index (χ4n) is 1.26. The van der Waals surface area contributed by atoms with E-state index in [4.69, 9.17) is 10.5 Å². The maximum atomic E-state index is 12.6. The van der Waals surface area contributed by atoms with Crippen LogP contribution in [0.2, 0.25) is 0 Å². The summed E-state index contributed by atoms with van der Waals surface area (Å²) in [5.41, 5.74) is -1.62. The average molecular weight is 210 g/mol. The lowest BCUT2D eigenvalue weighted by atomic mass is 9.99. The SMILES string of the molecule is N#CCc1cccc(C#N)c1C(F)(F)F. The van der Waals surface area contributed by atoms with Crippen molar-refractivity contribution in [3.8, 4) is 12.1 Å². The van der Waals surface area contributed by atoms with Gasteiger partial charge < -0.3 is 0 Å². The lowest BCUT2D eigenvalue weighted by Crippen LogP contribution is -2.11. The summed E-state index contributed by atoms with van der Waals surface area (Å²) in [5, 5.41) is 16.9. The summed E-state index contributed by atoms with van der Waals surface area (Å²) < 4.78 is 37.7. The van der Waals surface area contributed by atoms with Gasteiger partial charge in [-0.25, -0.2) is 0 Å². The van der Waals surface area contributed by atoms with Gasteiger partial charge in [-0.2, -0.15) is 23.7 Å². The molecule has 0 heterocycles. The molecule has 0 aliphatic rings. The Hall–Kier alpha value is -2.01. The van der Waals surface area contributed by atoms with Crippen molar-refractivity contribution >= 4 is 0 Å². The van der Waals surface area contributed by atoms with Crippen LogP contribution in [-0.2, 0) is 12.6 Å². The molecule has 0 spiro atoms. The van der Waals surface area contributed by atoms with E-state index < -0.39 is 17.3 Å². The maximum Gasteiger partial charge on any atom is 0.417 e. The highest BCUT2D eigenvalue weighted by Crippen LogP contribution is 2.34. The molecule has 0 radical (unpaired) electrons. The minimum atomic E-state index is -4.60. The third-order valence-corrected chi connectivity index (χ3v) is 1.82. The number of nitriles is 2. The minimum Gasteiger partial charge on any atom is -0.198 e. The number of halogens is 3. The molecule has 0 saturated heterocycles. The predicted molar refractivity (Wildman–Crippen MR) is 45.5 cm³/mol. The molecular weight excluding hydrogens is 205 g/mol. The van der Waals surface area contributed by atoms with Crippen LogP contribution in [0.5, 0.6) is 0 Å². The highest BCUT2D eigenvalue weighted by molar-refractivity contribution is 5.45. The lowest BCUT2D eigenvalue weighted by molar-refractivity contribution is -0.138. The Morgan fingerprint density at radius 2 is 1.87 bits per heavy atom. The van der Waals surface area contributed by atoms with Gasteiger partial charge in [-0.1, -0.05) is 12.1 Å². The Balaban J connectivity index is 3.44. The van der Waals surface area contributed by atoms with Gasteiger partial charge in [-0.05, 0) is 11.6 Å². The van der Waals surface area contributed by atoms with Crippen molar-refractivity contribution in [3.63, 3.8) is 0 Å². The van der Waals surface area contributed by atoms with Crippen molar-refractivity contribution in [2.24, 2.45) is 0 Å². The van der Waals surface area contributed by atoms with Gasteiger partial charge in [0.25, 0.3) is 0 Å². The van der Waals surface area contributed by atoms with Gasteiger partial charge in [0.05, 0.1) is 29.7 Å². The molecule has 0 unspecified atom stereocenters. The van der Waals surface area contributed by atoms with Crippen LogP contribution in [0.1, 0.15) is 16.7 Å². The molecule has 0 fully saturated rings. The third kappa shape index (κ3) is 2.26. The first-order valence-electron chi connectivity index (χ1n) is 3.97. The second-order valence-electron chi connectivity index (χ2n) is 2.78. The Morgan fingerprint density at radius 3 is 2.33 bits per heavy atom. The molecule has 0 amide bonds. The fourth-order valence-corrected chi connectivity index (χ4v) is 1.26. The Kier molecular flexibility index (Phi) is 2.96. The molecule has 0 saturated carbocycles. The standard InChI is InChI=1S/C10H5F3N2/c11-10(12,13)9-7(4-5-14)2-1-3-8(9)6-15/h1-3H,4H2. The molecule has 0 N–H and O–H groups in total. The van der Waals surface area contributed by atoms with Crippen molar-refractivity contribution in [2.75, 3.05) is 0 Å². The van der Waals surface area contributed by atoms with Crippen LogP contribution in [0.15, 0.2) is 18.2 Å². The normalized spacial score (nSPS) is 10.5. The molecule has 5 heteroatoms. The van der Waals surface area contributed by atoms with Crippen LogP contribution in [0.25, 0.3) is 0 Å². The van der Waals surface area contributed by atoms with Crippen LogP contribution >= 0.6 is 0 Å². The first kappa shape index (κ1) is 11.1. The lowest BCUT2D eigenvalue weighted by Gasteiger charge is -2.12. The van der Waals surface area contributed by atoms with E-state index in [0.29, 0.717) is 0 Å². The molecule has 0 aliphatic carbocycles. The van der Waals surface area contributed by atoms with E-state index in [0.717, 1.165) is 6.07 Å². The number of hydrogen-bond acceptors (Lipinski definition) is 2. The zero-order valence-corrected chi connectivity index (χ0v) is 7.47. The molecule has 76 valence electrons. The summed E-state index contributed by atoms with van der Waals surface area (Å²) in [4.78, 5) is 0. The van der Waals surface area contributed by atoms with Crippen LogP contribution in [-0.4, -0.2) is 0 Å². The van der Waals surface area contributed by atoms with Crippen LogP contribution < -0.4 is 0 Å². The van der Waals surface area contributed by atoms with Crippen LogP contribution in [0.3, 0.4) is 0 Å². The van der Waals surface area contributed by atoms with Crippen molar-refractivity contribution in [2.45, 2.75) is 12.6 Å². The molecule has 1 rings (SSSR count). The molecular formula is C10H5F3N2. The van der Waals surface area contributed by atoms with Gasteiger partial charge in [0, 0.05) is 0 Å². The summed E-state index contributed by atoms with van der Waals surface area (Å²) in [6.07, 6.45) is -4.96. The van der Waals surface area contributed by atoms with Crippen molar-refractivity contribution < 1.29 is 13.2 Å². The van der Waals surface area contributed by atoms with E-state index in [9.17, 15) is 13.2 Å². The van der Waals surface area contributed by atoms with Gasteiger partial charge in [-0.15, -0.1) is 0 Å². The van der Waals surface area contributed by atoms with Gasteiger partial charge in [0.1, 0.15) is 0 Å². The number of hydrogen-bond donors (Lipinski definition) is 0. The van der Waals surface area contributed by atoms with E-state index in [2.05, 4.69) is 0 Å². The molecule has 2 nitrogen and oxygen atoms in total. The van der Waals surface area contributed by atoms with E-state index in [-0.39, 0.29) is 12.0 Å². The molecule has 15 heavy (non-hydrogen) atoms. The maximum absolute atomic E-state index is 12.6. The number of benzene rings is 1. The van der Waals surface area contributed by atoms with E-state index in [1.54, 1.807) is 6.07 Å². The quantitative estimate of drug-likeness (QED) is 0.715. The predicted octanol–water partition coefficient (Wildman–Crippen LogP) is 2.64. The molecule has 0 bridgehead atoms. The Labute approximate surface area is 84.2 Å². The first-order chi connectivity index (χ1) is 7.00. The van der Waals surface area contributed by atoms with Crippen molar-refractivity contribution in [3.05, 3.63) is 34.9 Å². The highest BCUT2D eigenvalue weighted by Gasteiger charge is 2.35. The highest BCUT2D eigenvalue weighted by atomic mass is 19.4. The van der Waals surface area contributed by atoms with E-state index in [1.807, 2.05) is 0 Å². The fraction of sp³-hybridized carbons (Fsp3) is 0.200. The van der Waals surface area contributed by atoms with Crippen LogP contribution in [0, 0.1) is 22.7 Å². The molecule has 0 aliphatic heterocycles. The minimum absolute atomic E-state index is 0.163. The number of rotatable bonds is 1. The number of nitrogens with zero attached hydrogens (tertiary/aromatic N) is 2. The summed E-state index contributed by atoms with van der Waals surface area (Å²) >= 11 is 0. The van der Waals surface area contributed by atoms with Gasteiger partial charge >= 0.3 is 6.18 Å².